The van der Waals surface area contributed by atoms with Gasteiger partial charge in [0.05, 0.1) is 5.69 Å². The van der Waals surface area contributed by atoms with Gasteiger partial charge < -0.3 is 9.57 Å². The molecule has 0 unspecified atom stereocenters. The predicted molar refractivity (Wildman–Crippen MR) is 80.3 cm³/mol. The Kier molecular flexibility index (Phi) is 4.05. The van der Waals surface area contributed by atoms with Crippen molar-refractivity contribution >= 4 is 16.8 Å². The molecule has 1 aromatic heterocycles. The summed E-state index contributed by atoms with van der Waals surface area (Å²) in [5, 5.41) is 9.30. The maximum atomic E-state index is 12.6. The van der Waals surface area contributed by atoms with Crippen LogP contribution in [0.25, 0.3) is 0 Å². The highest BCUT2D eigenvalue weighted by Crippen LogP contribution is 2.44. The van der Waals surface area contributed by atoms with Gasteiger partial charge in [-0.25, -0.2) is 4.68 Å². The Morgan fingerprint density at radius 2 is 2.18 bits per heavy atom. The summed E-state index contributed by atoms with van der Waals surface area (Å²) < 4.78 is 31.4. The van der Waals surface area contributed by atoms with Gasteiger partial charge >= 0.3 is 6.61 Å². The van der Waals surface area contributed by atoms with Gasteiger partial charge in [0.15, 0.2) is 0 Å². The van der Waals surface area contributed by atoms with Gasteiger partial charge in [0, 0.05) is 30.7 Å². The van der Waals surface area contributed by atoms with Gasteiger partial charge in [-0.2, -0.15) is 13.9 Å². The molecular formula is C14H19F2N3O2S. The molecule has 1 aliphatic heterocycles. The first-order valence-electron chi connectivity index (χ1n) is 7.24. The Morgan fingerprint density at radius 3 is 2.73 bits per heavy atom. The lowest BCUT2D eigenvalue weighted by Crippen LogP contribution is -2.18. The fraction of sp³-hybridized carbons (Fsp3) is 0.714. The van der Waals surface area contributed by atoms with Crippen LogP contribution in [0.5, 0.6) is 5.88 Å². The molecule has 0 bridgehead atoms. The van der Waals surface area contributed by atoms with Gasteiger partial charge in [-0.3, -0.25) is 0 Å². The minimum absolute atomic E-state index is 0.156. The average molecular weight is 331 g/mol. The molecule has 122 valence electrons. The van der Waals surface area contributed by atoms with Crippen molar-refractivity contribution in [2.45, 2.75) is 57.0 Å². The molecule has 1 saturated carbocycles. The summed E-state index contributed by atoms with van der Waals surface area (Å²) >= 11 is 1.50. The molecule has 2 heterocycles. The maximum absolute atomic E-state index is 12.6. The second kappa shape index (κ2) is 5.72. The Bertz CT molecular complexity index is 597. The summed E-state index contributed by atoms with van der Waals surface area (Å²) in [6, 6.07) is 0. The number of oxime groups is 1. The van der Waals surface area contributed by atoms with E-state index in [1.165, 1.54) is 16.4 Å². The van der Waals surface area contributed by atoms with Gasteiger partial charge in [0.2, 0.25) is 5.88 Å². The van der Waals surface area contributed by atoms with Gasteiger partial charge in [0.1, 0.15) is 10.6 Å². The zero-order chi connectivity index (χ0) is 15.9. The number of rotatable bonds is 5. The fourth-order valence-electron chi connectivity index (χ4n) is 2.46. The van der Waals surface area contributed by atoms with Crippen molar-refractivity contribution < 1.29 is 18.4 Å². The van der Waals surface area contributed by atoms with E-state index in [2.05, 4.69) is 15.0 Å². The molecule has 3 rings (SSSR count). The van der Waals surface area contributed by atoms with Crippen LogP contribution in [0.15, 0.2) is 5.16 Å². The number of ether oxygens (including phenoxy) is 1. The minimum atomic E-state index is -2.85. The van der Waals surface area contributed by atoms with Crippen molar-refractivity contribution in [1.82, 2.24) is 9.78 Å². The molecule has 1 aromatic rings. The molecular weight excluding hydrogens is 312 g/mol. The molecule has 1 aliphatic carbocycles. The Hall–Kier alpha value is -1.31. The van der Waals surface area contributed by atoms with Crippen molar-refractivity contribution in [2.75, 3.05) is 0 Å². The molecule has 0 N–H and O–H groups in total. The van der Waals surface area contributed by atoms with Crippen LogP contribution >= 0.6 is 11.8 Å². The van der Waals surface area contributed by atoms with Crippen LogP contribution in [0.2, 0.25) is 0 Å². The largest absolute Gasteiger partial charge is 0.417 e. The van der Waals surface area contributed by atoms with Gasteiger partial charge in [-0.15, -0.1) is 11.8 Å². The van der Waals surface area contributed by atoms with Gasteiger partial charge in [0.25, 0.3) is 0 Å². The molecule has 22 heavy (non-hydrogen) atoms. The first-order chi connectivity index (χ1) is 10.4. The van der Waals surface area contributed by atoms with Crippen LogP contribution in [0, 0.1) is 0 Å². The second-order valence-electron chi connectivity index (χ2n) is 6.25. The van der Waals surface area contributed by atoms with E-state index < -0.39 is 6.61 Å². The van der Waals surface area contributed by atoms with E-state index in [1.807, 2.05) is 13.8 Å². The number of halogens is 2. The third-order valence-electron chi connectivity index (χ3n) is 3.64. The van der Waals surface area contributed by atoms with Crippen LogP contribution in [-0.2, 0) is 17.6 Å². The Balaban J connectivity index is 1.76. The molecule has 5 nitrogen and oxygen atoms in total. The Morgan fingerprint density at radius 1 is 1.45 bits per heavy atom. The summed E-state index contributed by atoms with van der Waals surface area (Å²) in [6.07, 6.45) is 2.83. The van der Waals surface area contributed by atoms with E-state index in [9.17, 15) is 8.78 Å². The van der Waals surface area contributed by atoms with Gasteiger partial charge in [-0.05, 0) is 26.7 Å². The average Bonchev–Trinajstić information content (AvgIpc) is 3.14. The molecule has 0 amide bonds. The highest BCUT2D eigenvalue weighted by molar-refractivity contribution is 8.13. The van der Waals surface area contributed by atoms with Crippen molar-refractivity contribution in [3.63, 3.8) is 0 Å². The van der Waals surface area contributed by atoms with Crippen LogP contribution in [0.3, 0.4) is 0 Å². The lowest BCUT2D eigenvalue weighted by molar-refractivity contribution is -0.0557. The van der Waals surface area contributed by atoms with E-state index in [4.69, 9.17) is 4.84 Å². The zero-order valence-corrected chi connectivity index (χ0v) is 13.6. The normalized spacial score (nSPS) is 20.2. The lowest BCUT2D eigenvalue weighted by atomic mass is 10.1. The van der Waals surface area contributed by atoms with Crippen molar-refractivity contribution in [2.24, 2.45) is 12.2 Å². The van der Waals surface area contributed by atoms with Crippen LogP contribution in [0.4, 0.5) is 8.78 Å². The fourth-order valence-corrected chi connectivity index (χ4v) is 3.58. The number of aryl methyl sites for hydroxylation is 1. The SMILES string of the molecule is Cn1nc(C2CC2)c(CSC2=NOC(C)(C)C2)c1OC(F)F. The monoisotopic (exact) mass is 331 g/mol. The smallest absolute Gasteiger partial charge is 0.388 e. The van der Waals surface area contributed by atoms with E-state index in [1.54, 1.807) is 7.05 Å². The number of hydrogen-bond donors (Lipinski definition) is 0. The number of thioether (sulfide) groups is 1. The number of alkyl halides is 2. The number of aromatic nitrogens is 2. The van der Waals surface area contributed by atoms with E-state index >= 15 is 0 Å². The van der Waals surface area contributed by atoms with E-state index in [0.29, 0.717) is 11.7 Å². The Labute approximate surface area is 132 Å². The van der Waals surface area contributed by atoms with Crippen LogP contribution in [0.1, 0.15) is 50.3 Å². The van der Waals surface area contributed by atoms with Crippen LogP contribution < -0.4 is 4.74 Å². The molecule has 1 fully saturated rings. The van der Waals surface area contributed by atoms with Crippen molar-refractivity contribution in [1.29, 1.82) is 0 Å². The molecule has 0 atom stereocenters. The van der Waals surface area contributed by atoms with Gasteiger partial charge in [-0.1, -0.05) is 5.16 Å². The molecule has 0 radical (unpaired) electrons. The first kappa shape index (κ1) is 15.6. The maximum Gasteiger partial charge on any atom is 0.388 e. The summed E-state index contributed by atoms with van der Waals surface area (Å²) in [6.45, 7) is 1.08. The van der Waals surface area contributed by atoms with E-state index in [0.717, 1.165) is 35.6 Å². The molecule has 2 aliphatic rings. The summed E-state index contributed by atoms with van der Waals surface area (Å²) in [5.74, 6) is 1.04. The van der Waals surface area contributed by atoms with Crippen molar-refractivity contribution in [3.05, 3.63) is 11.3 Å². The highest BCUT2D eigenvalue weighted by Gasteiger charge is 2.34. The highest BCUT2D eigenvalue weighted by atomic mass is 32.2. The third-order valence-corrected chi connectivity index (χ3v) is 4.62. The molecule has 0 saturated heterocycles. The van der Waals surface area contributed by atoms with Crippen LogP contribution in [-0.4, -0.2) is 27.0 Å². The topological polar surface area (TPSA) is 48.6 Å². The standard InChI is InChI=1S/C14H19F2N3O2S/c1-14(2)6-10(18-21-14)22-7-9-11(8-4-5-8)17-19(3)12(9)20-13(15)16/h8,13H,4-7H2,1-3H3. The number of hydrogen-bond acceptors (Lipinski definition) is 5. The predicted octanol–water partition coefficient (Wildman–Crippen LogP) is 3.64. The summed E-state index contributed by atoms with van der Waals surface area (Å²) in [7, 11) is 1.64. The lowest BCUT2D eigenvalue weighted by Gasteiger charge is -2.13. The first-order valence-corrected chi connectivity index (χ1v) is 8.23. The summed E-state index contributed by atoms with van der Waals surface area (Å²) in [5.41, 5.74) is 1.34. The second-order valence-corrected chi connectivity index (χ2v) is 7.30. The third kappa shape index (κ3) is 3.37. The quantitative estimate of drug-likeness (QED) is 0.826. The molecule has 0 spiro atoms. The minimum Gasteiger partial charge on any atom is -0.417 e. The number of nitrogens with zero attached hydrogens (tertiary/aromatic N) is 3. The van der Waals surface area contributed by atoms with Crippen molar-refractivity contribution in [3.8, 4) is 5.88 Å². The van der Waals surface area contributed by atoms with E-state index in [-0.39, 0.29) is 11.5 Å². The molecule has 8 heteroatoms. The molecule has 0 aromatic carbocycles. The zero-order valence-electron chi connectivity index (χ0n) is 12.8. The summed E-state index contributed by atoms with van der Waals surface area (Å²) in [4.78, 5) is 5.33.